The molecule has 1 heterocycles. The Morgan fingerprint density at radius 1 is 1.64 bits per heavy atom. The Morgan fingerprint density at radius 3 is 2.79 bits per heavy atom. The fourth-order valence-electron chi connectivity index (χ4n) is 1.08. The molecule has 1 aromatic heterocycles. The van der Waals surface area contributed by atoms with Crippen molar-refractivity contribution in [2.24, 2.45) is 0 Å². The summed E-state index contributed by atoms with van der Waals surface area (Å²) < 4.78 is 24.6. The van der Waals surface area contributed by atoms with E-state index in [1.54, 1.807) is 0 Å². The summed E-state index contributed by atoms with van der Waals surface area (Å²) in [6.07, 6.45) is -2.87. The second-order valence-corrected chi connectivity index (χ2v) is 2.80. The second kappa shape index (κ2) is 4.01. The van der Waals surface area contributed by atoms with Crippen molar-refractivity contribution in [2.75, 3.05) is 0 Å². The van der Waals surface area contributed by atoms with Crippen LogP contribution in [0.1, 0.15) is 23.4 Å². The van der Waals surface area contributed by atoms with Gasteiger partial charge in [0.15, 0.2) is 0 Å². The van der Waals surface area contributed by atoms with Gasteiger partial charge in [0, 0.05) is 0 Å². The van der Waals surface area contributed by atoms with Crippen LogP contribution in [0.4, 0.5) is 8.78 Å². The van der Waals surface area contributed by atoms with Gasteiger partial charge >= 0.3 is 0 Å². The lowest BCUT2D eigenvalue weighted by molar-refractivity contribution is 0.141. The number of rotatable bonds is 2. The van der Waals surface area contributed by atoms with E-state index in [1.165, 1.54) is 13.0 Å². The van der Waals surface area contributed by atoms with E-state index in [9.17, 15) is 13.9 Å². The SMILES string of the molecule is Cc1cc(CC#N)nc(C(F)F)c1O. The van der Waals surface area contributed by atoms with Crippen LogP contribution in [0.3, 0.4) is 0 Å². The van der Waals surface area contributed by atoms with E-state index in [0.717, 1.165) is 0 Å². The molecular weight excluding hydrogens is 190 g/mol. The van der Waals surface area contributed by atoms with Gasteiger partial charge in [-0.25, -0.2) is 13.8 Å². The number of aromatic nitrogens is 1. The molecule has 1 rings (SSSR count). The van der Waals surface area contributed by atoms with Crippen LogP contribution in [0, 0.1) is 18.3 Å². The van der Waals surface area contributed by atoms with E-state index in [4.69, 9.17) is 5.26 Å². The Bertz CT molecular complexity index is 385. The fraction of sp³-hybridized carbons (Fsp3) is 0.333. The quantitative estimate of drug-likeness (QED) is 0.791. The number of alkyl halides is 2. The van der Waals surface area contributed by atoms with Gasteiger partial charge in [-0.1, -0.05) is 0 Å². The largest absolute Gasteiger partial charge is 0.506 e. The summed E-state index contributed by atoms with van der Waals surface area (Å²) in [4.78, 5) is 3.50. The third kappa shape index (κ3) is 1.96. The van der Waals surface area contributed by atoms with Crippen LogP contribution >= 0.6 is 0 Å². The van der Waals surface area contributed by atoms with Crippen LogP contribution in [-0.4, -0.2) is 10.1 Å². The zero-order valence-electron chi connectivity index (χ0n) is 7.46. The van der Waals surface area contributed by atoms with Crippen molar-refractivity contribution in [1.29, 1.82) is 5.26 Å². The Morgan fingerprint density at radius 2 is 2.29 bits per heavy atom. The smallest absolute Gasteiger partial charge is 0.284 e. The monoisotopic (exact) mass is 198 g/mol. The van der Waals surface area contributed by atoms with Crippen LogP contribution in [0.25, 0.3) is 0 Å². The van der Waals surface area contributed by atoms with Gasteiger partial charge < -0.3 is 5.11 Å². The van der Waals surface area contributed by atoms with E-state index >= 15 is 0 Å². The lowest BCUT2D eigenvalue weighted by Gasteiger charge is -2.07. The number of nitrogens with zero attached hydrogens (tertiary/aromatic N) is 2. The summed E-state index contributed by atoms with van der Waals surface area (Å²) in [7, 11) is 0. The highest BCUT2D eigenvalue weighted by Crippen LogP contribution is 2.29. The van der Waals surface area contributed by atoms with Gasteiger partial charge in [-0.3, -0.25) is 0 Å². The molecule has 0 spiro atoms. The molecule has 0 saturated carbocycles. The number of aromatic hydroxyl groups is 1. The van der Waals surface area contributed by atoms with Crippen LogP contribution in [0.2, 0.25) is 0 Å². The molecule has 0 aliphatic carbocycles. The van der Waals surface area contributed by atoms with Gasteiger partial charge in [0.2, 0.25) is 0 Å². The highest BCUT2D eigenvalue weighted by atomic mass is 19.3. The van der Waals surface area contributed by atoms with Crippen molar-refractivity contribution in [3.05, 3.63) is 23.0 Å². The van der Waals surface area contributed by atoms with Crippen molar-refractivity contribution in [3.63, 3.8) is 0 Å². The van der Waals surface area contributed by atoms with Crippen LogP contribution in [0.5, 0.6) is 5.75 Å². The Labute approximate surface area is 79.6 Å². The third-order valence-corrected chi connectivity index (χ3v) is 1.73. The summed E-state index contributed by atoms with van der Waals surface area (Å²) in [5.74, 6) is -0.498. The number of aryl methyl sites for hydroxylation is 1. The average molecular weight is 198 g/mol. The lowest BCUT2D eigenvalue weighted by Crippen LogP contribution is -1.98. The highest BCUT2D eigenvalue weighted by Gasteiger charge is 2.17. The zero-order valence-corrected chi connectivity index (χ0v) is 7.46. The zero-order chi connectivity index (χ0) is 10.7. The first-order chi connectivity index (χ1) is 6.56. The molecular formula is C9H8F2N2O. The van der Waals surface area contributed by atoms with Gasteiger partial charge in [0.05, 0.1) is 18.2 Å². The van der Waals surface area contributed by atoms with E-state index in [-0.39, 0.29) is 12.1 Å². The van der Waals surface area contributed by atoms with Crippen molar-refractivity contribution in [2.45, 2.75) is 19.8 Å². The van der Waals surface area contributed by atoms with Crippen molar-refractivity contribution in [3.8, 4) is 11.8 Å². The molecule has 14 heavy (non-hydrogen) atoms. The predicted molar refractivity (Wildman–Crippen MR) is 44.9 cm³/mol. The molecule has 0 bridgehead atoms. The lowest BCUT2D eigenvalue weighted by atomic mass is 10.1. The van der Waals surface area contributed by atoms with Crippen LogP contribution < -0.4 is 0 Å². The number of hydrogen-bond donors (Lipinski definition) is 1. The summed E-state index contributed by atoms with van der Waals surface area (Å²) >= 11 is 0. The maximum Gasteiger partial charge on any atom is 0.284 e. The maximum atomic E-state index is 12.3. The minimum atomic E-state index is -2.83. The Balaban J connectivity index is 3.22. The minimum Gasteiger partial charge on any atom is -0.506 e. The van der Waals surface area contributed by atoms with Crippen molar-refractivity contribution in [1.82, 2.24) is 4.98 Å². The molecule has 0 aliphatic rings. The fourth-order valence-corrected chi connectivity index (χ4v) is 1.08. The van der Waals surface area contributed by atoms with E-state index < -0.39 is 17.9 Å². The second-order valence-electron chi connectivity index (χ2n) is 2.80. The first kappa shape index (κ1) is 10.4. The highest BCUT2D eigenvalue weighted by molar-refractivity contribution is 5.37. The molecule has 5 heteroatoms. The molecule has 1 aromatic rings. The number of nitriles is 1. The Kier molecular flexibility index (Phi) is 2.97. The summed E-state index contributed by atoms with van der Waals surface area (Å²) in [5.41, 5.74) is -0.103. The van der Waals surface area contributed by atoms with Gasteiger partial charge in [-0.2, -0.15) is 5.26 Å². The number of halogens is 2. The molecule has 0 unspecified atom stereocenters. The molecule has 0 aliphatic heterocycles. The van der Waals surface area contributed by atoms with Gasteiger partial charge in [0.1, 0.15) is 11.4 Å². The molecule has 1 N–H and O–H groups in total. The molecule has 0 radical (unpaired) electrons. The molecule has 0 atom stereocenters. The molecule has 0 amide bonds. The van der Waals surface area contributed by atoms with Gasteiger partial charge in [0.25, 0.3) is 6.43 Å². The molecule has 74 valence electrons. The van der Waals surface area contributed by atoms with E-state index in [2.05, 4.69) is 4.98 Å². The summed E-state index contributed by atoms with van der Waals surface area (Å²) in [6, 6.07) is 3.23. The van der Waals surface area contributed by atoms with Crippen LogP contribution in [0.15, 0.2) is 6.07 Å². The number of hydrogen-bond acceptors (Lipinski definition) is 3. The normalized spacial score (nSPS) is 10.2. The molecule has 0 fully saturated rings. The minimum absolute atomic E-state index is 0.0408. The van der Waals surface area contributed by atoms with Crippen molar-refractivity contribution >= 4 is 0 Å². The summed E-state index contributed by atoms with van der Waals surface area (Å²) in [6.45, 7) is 1.49. The molecule has 3 nitrogen and oxygen atoms in total. The maximum absolute atomic E-state index is 12.3. The standard InChI is InChI=1S/C9H8F2N2O/c1-5-4-6(2-3-12)13-7(8(5)14)9(10)11/h4,9,14H,2H2,1H3. The number of pyridine rings is 1. The third-order valence-electron chi connectivity index (χ3n) is 1.73. The first-order valence-corrected chi connectivity index (χ1v) is 3.90. The predicted octanol–water partition coefficient (Wildman–Crippen LogP) is 2.10. The topological polar surface area (TPSA) is 56.9 Å². The van der Waals surface area contributed by atoms with Gasteiger partial charge in [-0.15, -0.1) is 0 Å². The molecule has 0 saturated heterocycles. The summed E-state index contributed by atoms with van der Waals surface area (Å²) in [5, 5.41) is 17.6. The Hall–Kier alpha value is -1.70. The van der Waals surface area contributed by atoms with Gasteiger partial charge in [-0.05, 0) is 18.6 Å². The van der Waals surface area contributed by atoms with E-state index in [0.29, 0.717) is 5.56 Å². The first-order valence-electron chi connectivity index (χ1n) is 3.90. The average Bonchev–Trinajstić information content (AvgIpc) is 2.11. The van der Waals surface area contributed by atoms with Crippen LogP contribution in [-0.2, 0) is 6.42 Å². The van der Waals surface area contributed by atoms with Crippen molar-refractivity contribution < 1.29 is 13.9 Å². The molecule has 0 aromatic carbocycles. The van der Waals surface area contributed by atoms with E-state index in [1.807, 2.05) is 6.07 Å².